The van der Waals surface area contributed by atoms with E-state index < -0.39 is 9.84 Å². The van der Waals surface area contributed by atoms with Gasteiger partial charge < -0.3 is 4.90 Å². The molecule has 0 aromatic heterocycles. The first-order valence-electron chi connectivity index (χ1n) is 6.71. The van der Waals surface area contributed by atoms with E-state index in [0.29, 0.717) is 12.1 Å². The highest BCUT2D eigenvalue weighted by molar-refractivity contribution is 7.90. The summed E-state index contributed by atoms with van der Waals surface area (Å²) in [5, 5.41) is 0. The van der Waals surface area contributed by atoms with Crippen molar-refractivity contribution in [2.45, 2.75) is 4.90 Å². The summed E-state index contributed by atoms with van der Waals surface area (Å²) in [7, 11) is -3.27. The number of hydrogen-bond donors (Lipinski definition) is 0. The molecule has 0 fully saturated rings. The Morgan fingerprint density at radius 2 is 1.68 bits per heavy atom. The van der Waals surface area contributed by atoms with Crippen molar-refractivity contribution in [2.75, 3.05) is 17.7 Å². The standard InChI is InChI=1S/C17H17NO3S/c1-3-13-18(15-7-5-4-6-8-15)17(19)14-9-11-16(12-10-14)22(2,20)21/h3-12H,1,13H2,2H3. The van der Waals surface area contributed by atoms with Crippen molar-refractivity contribution < 1.29 is 13.2 Å². The number of para-hydroxylation sites is 1. The molecule has 0 unspecified atom stereocenters. The molecule has 0 N–H and O–H groups in total. The average molecular weight is 315 g/mol. The number of rotatable bonds is 5. The zero-order valence-corrected chi connectivity index (χ0v) is 13.1. The summed E-state index contributed by atoms with van der Waals surface area (Å²) >= 11 is 0. The Bertz CT molecular complexity index is 765. The smallest absolute Gasteiger partial charge is 0.258 e. The molecule has 4 nitrogen and oxygen atoms in total. The lowest BCUT2D eigenvalue weighted by molar-refractivity contribution is 0.0989. The topological polar surface area (TPSA) is 54.5 Å². The van der Waals surface area contributed by atoms with Crippen LogP contribution < -0.4 is 4.90 Å². The fourth-order valence-corrected chi connectivity index (χ4v) is 2.67. The van der Waals surface area contributed by atoms with Crippen LogP contribution in [0.4, 0.5) is 5.69 Å². The van der Waals surface area contributed by atoms with Gasteiger partial charge in [0.1, 0.15) is 0 Å². The SMILES string of the molecule is C=CCN(C(=O)c1ccc(S(C)(=O)=O)cc1)c1ccccc1. The van der Waals surface area contributed by atoms with Crippen molar-refractivity contribution in [3.8, 4) is 0 Å². The van der Waals surface area contributed by atoms with E-state index in [1.54, 1.807) is 11.0 Å². The average Bonchev–Trinajstić information content (AvgIpc) is 2.52. The lowest BCUT2D eigenvalue weighted by Crippen LogP contribution is -2.31. The highest BCUT2D eigenvalue weighted by atomic mass is 32.2. The highest BCUT2D eigenvalue weighted by Crippen LogP contribution is 2.18. The maximum atomic E-state index is 12.6. The molecule has 0 aliphatic heterocycles. The molecule has 22 heavy (non-hydrogen) atoms. The fraction of sp³-hybridized carbons (Fsp3) is 0.118. The van der Waals surface area contributed by atoms with E-state index in [1.165, 1.54) is 24.3 Å². The van der Waals surface area contributed by atoms with Crippen LogP contribution in [0, 0.1) is 0 Å². The number of amides is 1. The molecule has 1 amide bonds. The molecule has 2 aromatic carbocycles. The van der Waals surface area contributed by atoms with Crippen LogP contribution >= 0.6 is 0 Å². The monoisotopic (exact) mass is 315 g/mol. The fourth-order valence-electron chi connectivity index (χ4n) is 2.04. The van der Waals surface area contributed by atoms with Crippen LogP contribution in [0.15, 0.2) is 72.1 Å². The van der Waals surface area contributed by atoms with Gasteiger partial charge >= 0.3 is 0 Å². The van der Waals surface area contributed by atoms with Crippen LogP contribution in [0.2, 0.25) is 0 Å². The normalized spacial score (nSPS) is 11.0. The van der Waals surface area contributed by atoms with Gasteiger partial charge in [0.05, 0.1) is 4.90 Å². The quantitative estimate of drug-likeness (QED) is 0.797. The van der Waals surface area contributed by atoms with Crippen LogP contribution in [-0.4, -0.2) is 27.1 Å². The van der Waals surface area contributed by atoms with E-state index in [1.807, 2.05) is 30.3 Å². The molecular formula is C17H17NO3S. The Morgan fingerprint density at radius 3 is 2.18 bits per heavy atom. The van der Waals surface area contributed by atoms with Gasteiger partial charge in [-0.1, -0.05) is 24.3 Å². The Hall–Kier alpha value is -2.40. The maximum absolute atomic E-state index is 12.6. The molecule has 2 aromatic rings. The van der Waals surface area contributed by atoms with Gasteiger partial charge in [-0.25, -0.2) is 8.42 Å². The Morgan fingerprint density at radius 1 is 1.09 bits per heavy atom. The van der Waals surface area contributed by atoms with Gasteiger partial charge in [0.2, 0.25) is 0 Å². The minimum atomic E-state index is -3.27. The van der Waals surface area contributed by atoms with Crippen molar-refractivity contribution >= 4 is 21.4 Å². The largest absolute Gasteiger partial charge is 0.305 e. The first-order chi connectivity index (χ1) is 10.4. The van der Waals surface area contributed by atoms with E-state index in [-0.39, 0.29) is 10.8 Å². The summed E-state index contributed by atoms with van der Waals surface area (Å²) in [5.41, 5.74) is 1.19. The van der Waals surface area contributed by atoms with Crippen molar-refractivity contribution in [1.29, 1.82) is 0 Å². The van der Waals surface area contributed by atoms with Crippen LogP contribution in [-0.2, 0) is 9.84 Å². The zero-order valence-electron chi connectivity index (χ0n) is 12.3. The second-order valence-electron chi connectivity index (χ2n) is 4.84. The summed E-state index contributed by atoms with van der Waals surface area (Å²) in [6.45, 7) is 4.05. The van der Waals surface area contributed by atoms with E-state index in [0.717, 1.165) is 11.9 Å². The molecule has 0 bridgehead atoms. The third kappa shape index (κ3) is 3.62. The third-order valence-electron chi connectivity index (χ3n) is 3.15. The number of nitrogens with zero attached hydrogens (tertiary/aromatic N) is 1. The highest BCUT2D eigenvalue weighted by Gasteiger charge is 2.17. The molecule has 2 rings (SSSR count). The molecule has 0 aliphatic rings. The molecule has 0 atom stereocenters. The first-order valence-corrected chi connectivity index (χ1v) is 8.60. The van der Waals surface area contributed by atoms with Gasteiger partial charge in [-0.2, -0.15) is 0 Å². The molecule has 0 radical (unpaired) electrons. The van der Waals surface area contributed by atoms with Gasteiger partial charge in [0.15, 0.2) is 9.84 Å². The van der Waals surface area contributed by atoms with E-state index >= 15 is 0 Å². The molecule has 0 heterocycles. The summed E-state index contributed by atoms with van der Waals surface area (Å²) in [4.78, 5) is 14.4. The van der Waals surface area contributed by atoms with Gasteiger partial charge in [0, 0.05) is 24.1 Å². The zero-order chi connectivity index (χ0) is 16.2. The Labute approximate surface area is 130 Å². The summed E-state index contributed by atoms with van der Waals surface area (Å²) in [6.07, 6.45) is 2.79. The summed E-state index contributed by atoms with van der Waals surface area (Å²) < 4.78 is 22.9. The van der Waals surface area contributed by atoms with E-state index in [4.69, 9.17) is 0 Å². The molecule has 0 spiro atoms. The number of carbonyl (C=O) groups is 1. The van der Waals surface area contributed by atoms with E-state index in [2.05, 4.69) is 6.58 Å². The predicted molar refractivity (Wildman–Crippen MR) is 87.9 cm³/mol. The van der Waals surface area contributed by atoms with Gasteiger partial charge in [-0.15, -0.1) is 6.58 Å². The number of hydrogen-bond acceptors (Lipinski definition) is 3. The van der Waals surface area contributed by atoms with Crippen LogP contribution in [0.3, 0.4) is 0 Å². The second-order valence-corrected chi connectivity index (χ2v) is 6.85. The van der Waals surface area contributed by atoms with Crippen LogP contribution in [0.1, 0.15) is 10.4 Å². The number of benzene rings is 2. The minimum Gasteiger partial charge on any atom is -0.305 e. The molecule has 0 saturated carbocycles. The lowest BCUT2D eigenvalue weighted by atomic mass is 10.2. The number of carbonyl (C=O) groups excluding carboxylic acids is 1. The maximum Gasteiger partial charge on any atom is 0.258 e. The summed E-state index contributed by atoms with van der Waals surface area (Å²) in [5.74, 6) is -0.203. The van der Waals surface area contributed by atoms with E-state index in [9.17, 15) is 13.2 Å². The molecule has 0 saturated heterocycles. The third-order valence-corrected chi connectivity index (χ3v) is 4.28. The predicted octanol–water partition coefficient (Wildman–Crippen LogP) is 2.92. The molecule has 114 valence electrons. The lowest BCUT2D eigenvalue weighted by Gasteiger charge is -2.21. The van der Waals surface area contributed by atoms with Crippen molar-refractivity contribution in [2.24, 2.45) is 0 Å². The minimum absolute atomic E-state index is 0.194. The van der Waals surface area contributed by atoms with Gasteiger partial charge in [-0.05, 0) is 36.4 Å². The van der Waals surface area contributed by atoms with Crippen molar-refractivity contribution in [1.82, 2.24) is 0 Å². The van der Waals surface area contributed by atoms with Crippen molar-refractivity contribution in [3.05, 3.63) is 72.8 Å². The molecule has 0 aliphatic carbocycles. The second kappa shape index (κ2) is 6.58. The first kappa shape index (κ1) is 16.0. The van der Waals surface area contributed by atoms with Crippen LogP contribution in [0.25, 0.3) is 0 Å². The Balaban J connectivity index is 2.33. The van der Waals surface area contributed by atoms with Gasteiger partial charge in [-0.3, -0.25) is 4.79 Å². The van der Waals surface area contributed by atoms with Gasteiger partial charge in [0.25, 0.3) is 5.91 Å². The molecule has 5 heteroatoms. The van der Waals surface area contributed by atoms with Crippen molar-refractivity contribution in [3.63, 3.8) is 0 Å². The molecular weight excluding hydrogens is 298 g/mol. The summed E-state index contributed by atoms with van der Waals surface area (Å²) in [6, 6.07) is 15.2. The number of sulfone groups is 1. The number of anilines is 1. The Kier molecular flexibility index (Phi) is 4.78. The van der Waals surface area contributed by atoms with Crippen LogP contribution in [0.5, 0.6) is 0 Å².